The molecule has 0 spiro atoms. The normalized spacial score (nSPS) is 18.7. The number of carbonyl (C=O) groups is 9. The van der Waals surface area contributed by atoms with Crippen molar-refractivity contribution < 1.29 is 53.0 Å². The van der Waals surface area contributed by atoms with Crippen molar-refractivity contribution in [3.63, 3.8) is 0 Å². The van der Waals surface area contributed by atoms with Gasteiger partial charge in [-0.25, -0.2) is 4.79 Å². The average Bonchev–Trinajstić information content (AvgIpc) is 3.80. The first-order chi connectivity index (χ1) is 33.2. The second-order valence-corrected chi connectivity index (χ2v) is 18.1. The van der Waals surface area contributed by atoms with E-state index in [1.807, 2.05) is 0 Å². The quantitative estimate of drug-likeness (QED) is 0.0756. The fourth-order valence-corrected chi connectivity index (χ4v) is 9.48. The zero-order valence-corrected chi connectivity index (χ0v) is 38.9. The molecule has 6 rings (SSSR count). The Morgan fingerprint density at radius 3 is 2.01 bits per heavy atom. The topological polar surface area (TPSA) is 272 Å². The van der Waals surface area contributed by atoms with Gasteiger partial charge >= 0.3 is 5.97 Å². The molecule has 2 saturated carbocycles. The van der Waals surface area contributed by atoms with Gasteiger partial charge in [0.2, 0.25) is 29.4 Å². The van der Waals surface area contributed by atoms with E-state index in [2.05, 4.69) is 26.6 Å². The van der Waals surface area contributed by atoms with Crippen molar-refractivity contribution in [1.82, 2.24) is 31.5 Å². The Labute approximate surface area is 401 Å². The van der Waals surface area contributed by atoms with E-state index in [1.165, 1.54) is 35.6 Å². The van der Waals surface area contributed by atoms with Crippen molar-refractivity contribution in [3.8, 4) is 5.75 Å². The largest absolute Gasteiger partial charge is 0.490 e. The van der Waals surface area contributed by atoms with E-state index in [0.717, 1.165) is 44.9 Å². The Bertz CT molecular complexity index is 2330. The molecule has 8 N–H and O–H groups in total. The summed E-state index contributed by atoms with van der Waals surface area (Å²) in [6.07, 6.45) is 9.60. The molecule has 1 saturated heterocycles. The van der Waals surface area contributed by atoms with Crippen molar-refractivity contribution in [1.29, 1.82) is 0 Å². The van der Waals surface area contributed by atoms with E-state index in [4.69, 9.17) is 10.5 Å². The molecule has 18 nitrogen and oxygen atoms in total. The van der Waals surface area contributed by atoms with Crippen LogP contribution in [0.15, 0.2) is 78.9 Å². The summed E-state index contributed by atoms with van der Waals surface area (Å²) in [6.45, 7) is 1.10. The van der Waals surface area contributed by atoms with Gasteiger partial charge < -0.3 is 47.1 Å². The van der Waals surface area contributed by atoms with Crippen molar-refractivity contribution in [2.45, 2.75) is 121 Å². The highest BCUT2D eigenvalue weighted by atomic mass is 16.5. The van der Waals surface area contributed by atoms with Gasteiger partial charge in [0, 0.05) is 18.7 Å². The number of nitrogens with one attached hydrogen (secondary N) is 5. The number of nitrogens with two attached hydrogens (primary N) is 1. The summed E-state index contributed by atoms with van der Waals surface area (Å²) >= 11 is 0. The van der Waals surface area contributed by atoms with Gasteiger partial charge in [0.25, 0.3) is 17.7 Å². The number of ether oxygens (including phenoxy) is 1. The first-order valence-electron chi connectivity index (χ1n) is 24.0. The van der Waals surface area contributed by atoms with Gasteiger partial charge in [-0.05, 0) is 105 Å². The van der Waals surface area contributed by atoms with Crippen LogP contribution in [-0.4, -0.2) is 107 Å². The molecule has 368 valence electrons. The lowest BCUT2D eigenvalue weighted by Crippen LogP contribution is -2.58. The molecule has 1 unspecified atom stereocenters. The Morgan fingerprint density at radius 2 is 1.38 bits per heavy atom. The standard InChI is InChI=1S/C51H63N7O11/c1-2-14-39(44(60)49(65)54-29-41(59)56-42(45(52)61)32-15-6-3-7-16-32)55-48(64)40-27-31(28-53-46(62)34-23-25-36(26-24-34)69-35-19-10-5-11-20-35)30-58(40)50(66)43(33-17-8-4-9-18-33)57-47(63)37-21-12-13-22-38(37)51(67)68/h3,6-7,12-13,15-16,21-26,31,33,35,39-40,42-43H,2,4-5,8-11,14,17-20,27-30H2,1H3,(H2,52,61)(H,53,62)(H,54,65)(H,55,64)(H,56,59)(H,57,63)(H,67,68)/t31-,39?,40-,42-,43-/m0/s1. The summed E-state index contributed by atoms with van der Waals surface area (Å²) in [5, 5.41) is 23.0. The first kappa shape index (κ1) is 51.3. The smallest absolute Gasteiger partial charge is 0.336 e. The van der Waals surface area contributed by atoms with Crippen LogP contribution in [0.4, 0.5) is 0 Å². The number of carboxylic acids is 1. The van der Waals surface area contributed by atoms with Crippen molar-refractivity contribution in [2.24, 2.45) is 17.6 Å². The summed E-state index contributed by atoms with van der Waals surface area (Å²) in [6, 6.07) is 15.8. The second kappa shape index (κ2) is 24.8. The predicted molar refractivity (Wildman–Crippen MR) is 252 cm³/mol. The van der Waals surface area contributed by atoms with Crippen LogP contribution in [0.2, 0.25) is 0 Å². The average molecular weight is 950 g/mol. The third-order valence-corrected chi connectivity index (χ3v) is 13.1. The van der Waals surface area contributed by atoms with Crippen LogP contribution in [0, 0.1) is 11.8 Å². The second-order valence-electron chi connectivity index (χ2n) is 18.1. The molecular weight excluding hydrogens is 887 g/mol. The van der Waals surface area contributed by atoms with Crippen LogP contribution in [0.25, 0.3) is 0 Å². The summed E-state index contributed by atoms with van der Waals surface area (Å²) in [5.41, 5.74) is 5.92. The van der Waals surface area contributed by atoms with Gasteiger partial charge in [-0.2, -0.15) is 0 Å². The van der Waals surface area contributed by atoms with E-state index in [-0.39, 0.29) is 55.0 Å². The number of hydrogen-bond donors (Lipinski definition) is 7. The van der Waals surface area contributed by atoms with Gasteiger partial charge in [-0.3, -0.25) is 38.4 Å². The molecule has 0 bridgehead atoms. The Morgan fingerprint density at radius 1 is 0.739 bits per heavy atom. The third-order valence-electron chi connectivity index (χ3n) is 13.1. The maximum absolute atomic E-state index is 15.0. The van der Waals surface area contributed by atoms with Crippen LogP contribution >= 0.6 is 0 Å². The Hall–Kier alpha value is -7.11. The van der Waals surface area contributed by atoms with Gasteiger partial charge in [0.05, 0.1) is 29.8 Å². The molecule has 7 amide bonds. The number of likely N-dealkylation sites (tertiary alicyclic amines) is 1. The first-order valence-corrected chi connectivity index (χ1v) is 24.0. The number of amides is 7. The number of carboxylic acid groups (broad SMARTS) is 1. The maximum atomic E-state index is 15.0. The van der Waals surface area contributed by atoms with Crippen LogP contribution in [0.5, 0.6) is 5.75 Å². The lowest BCUT2D eigenvalue weighted by atomic mass is 9.83. The third kappa shape index (κ3) is 14.0. The fraction of sp³-hybridized carbons (Fsp3) is 0.471. The number of nitrogens with zero attached hydrogens (tertiary/aromatic N) is 1. The maximum Gasteiger partial charge on any atom is 0.336 e. The number of aromatic carboxylic acids is 1. The number of carbonyl (C=O) groups excluding carboxylic acids is 8. The molecule has 1 heterocycles. The lowest BCUT2D eigenvalue weighted by molar-refractivity contribution is -0.143. The molecule has 18 heteroatoms. The van der Waals surface area contributed by atoms with Gasteiger partial charge in [-0.15, -0.1) is 0 Å². The Kier molecular flexibility index (Phi) is 18.4. The molecule has 5 atom stereocenters. The molecule has 3 aromatic rings. The molecule has 3 aliphatic rings. The number of Topliss-reactive ketones (excluding diaryl/α,β-unsaturated/α-hetero) is 1. The van der Waals surface area contributed by atoms with Gasteiger partial charge in [0.15, 0.2) is 0 Å². The van der Waals surface area contributed by atoms with E-state index in [9.17, 15) is 48.3 Å². The molecule has 3 fully saturated rings. The molecule has 1 aliphatic heterocycles. The Balaban J connectivity index is 1.18. The van der Waals surface area contributed by atoms with Gasteiger partial charge in [0.1, 0.15) is 23.9 Å². The molecule has 2 aliphatic carbocycles. The van der Waals surface area contributed by atoms with E-state index in [1.54, 1.807) is 61.5 Å². The van der Waals surface area contributed by atoms with Crippen molar-refractivity contribution >= 4 is 53.1 Å². The van der Waals surface area contributed by atoms with Crippen LogP contribution in [-0.2, 0) is 28.8 Å². The highest BCUT2D eigenvalue weighted by molar-refractivity contribution is 6.38. The highest BCUT2D eigenvalue weighted by Crippen LogP contribution is 2.32. The number of hydrogen-bond acceptors (Lipinski definition) is 10. The minimum Gasteiger partial charge on any atom is -0.490 e. The number of ketones is 1. The zero-order chi connectivity index (χ0) is 49.5. The predicted octanol–water partition coefficient (Wildman–Crippen LogP) is 3.74. The number of rotatable bonds is 21. The fourth-order valence-electron chi connectivity index (χ4n) is 9.48. The zero-order valence-electron chi connectivity index (χ0n) is 38.9. The van der Waals surface area contributed by atoms with Crippen molar-refractivity contribution in [2.75, 3.05) is 19.6 Å². The summed E-state index contributed by atoms with van der Waals surface area (Å²) in [7, 11) is 0. The molecule has 0 radical (unpaired) electrons. The van der Waals surface area contributed by atoms with Crippen molar-refractivity contribution in [3.05, 3.63) is 101 Å². The highest BCUT2D eigenvalue weighted by Gasteiger charge is 2.45. The lowest BCUT2D eigenvalue weighted by Gasteiger charge is -2.35. The summed E-state index contributed by atoms with van der Waals surface area (Å²) in [5.74, 6) is -7.82. The van der Waals surface area contributed by atoms with E-state index in [0.29, 0.717) is 36.1 Å². The molecular formula is C51H63N7O11. The number of benzene rings is 3. The molecule has 3 aromatic carbocycles. The van der Waals surface area contributed by atoms with Crippen LogP contribution in [0.3, 0.4) is 0 Å². The minimum absolute atomic E-state index is 0.0204. The van der Waals surface area contributed by atoms with E-state index >= 15 is 0 Å². The monoisotopic (exact) mass is 949 g/mol. The van der Waals surface area contributed by atoms with Gasteiger partial charge in [-0.1, -0.05) is 81.5 Å². The van der Waals surface area contributed by atoms with Crippen LogP contribution < -0.4 is 37.1 Å². The molecule has 69 heavy (non-hydrogen) atoms. The SMILES string of the molecule is CCCC(NC(=O)[C@@H]1C[C@@H](CNC(=O)c2ccc(OC3CCCCC3)cc2)CN1C(=O)[C@@H](NC(=O)c1ccccc1C(=O)O)C1CCCCC1)C(=O)C(=O)NCC(=O)N[C@H](C(N)=O)c1ccccc1. The minimum atomic E-state index is -1.37. The number of primary amides is 1. The summed E-state index contributed by atoms with van der Waals surface area (Å²) < 4.78 is 6.12. The van der Waals surface area contributed by atoms with Crippen LogP contribution in [0.1, 0.15) is 133 Å². The summed E-state index contributed by atoms with van der Waals surface area (Å²) in [4.78, 5) is 122. The molecule has 0 aromatic heterocycles. The van der Waals surface area contributed by atoms with E-state index < -0.39 is 83.8 Å².